The number of carboxylic acid groups (broad SMARTS) is 1. The van der Waals surface area contributed by atoms with Crippen LogP contribution >= 0.6 is 0 Å². The number of fused-ring (bicyclic) bond motifs is 1. The highest BCUT2D eigenvalue weighted by molar-refractivity contribution is 6.01. The Bertz CT molecular complexity index is 1590. The van der Waals surface area contributed by atoms with Crippen LogP contribution in [0, 0.1) is 0 Å². The number of rotatable bonds is 6. The van der Waals surface area contributed by atoms with Crippen molar-refractivity contribution >= 4 is 17.0 Å². The van der Waals surface area contributed by atoms with Gasteiger partial charge in [0.25, 0.3) is 0 Å². The molecule has 0 aliphatic heterocycles. The van der Waals surface area contributed by atoms with Crippen LogP contribution in [0.25, 0.3) is 33.5 Å². The van der Waals surface area contributed by atoms with E-state index >= 15 is 0 Å². The maximum absolute atomic E-state index is 12.0. The van der Waals surface area contributed by atoms with E-state index in [9.17, 15) is 14.7 Å². The minimum atomic E-state index is -0.977. The van der Waals surface area contributed by atoms with Crippen molar-refractivity contribution in [3.8, 4) is 22.5 Å². The highest BCUT2D eigenvalue weighted by Crippen LogP contribution is 2.41. The number of carbonyl (C=O) groups is 1. The highest BCUT2D eigenvalue weighted by Gasteiger charge is 2.31. The lowest BCUT2D eigenvalue weighted by molar-refractivity contribution is 0.0698. The summed E-state index contributed by atoms with van der Waals surface area (Å²) in [7, 11) is 0. The Labute approximate surface area is 193 Å². The second kappa shape index (κ2) is 7.84. The summed E-state index contributed by atoms with van der Waals surface area (Å²) in [4.78, 5) is 31.1. The molecule has 0 spiro atoms. The summed E-state index contributed by atoms with van der Waals surface area (Å²) in [5, 5.41) is 13.7. The SMILES string of the molecule is O=C(O)c1cccc2nc(C3CC3)n(Cc3ccc(-c4ccccc4)c(-c4noc(=O)[nH]4)c3)c12. The van der Waals surface area contributed by atoms with E-state index in [0.29, 0.717) is 29.3 Å². The largest absolute Gasteiger partial charge is 0.478 e. The minimum Gasteiger partial charge on any atom is -0.478 e. The molecule has 8 nitrogen and oxygen atoms in total. The second-order valence-electron chi connectivity index (χ2n) is 8.50. The van der Waals surface area contributed by atoms with E-state index in [4.69, 9.17) is 9.51 Å². The number of para-hydroxylation sites is 1. The third-order valence-electron chi connectivity index (χ3n) is 6.17. The summed E-state index contributed by atoms with van der Waals surface area (Å²) in [5.41, 5.74) is 5.08. The summed E-state index contributed by atoms with van der Waals surface area (Å²) in [6, 6.07) is 21.0. The van der Waals surface area contributed by atoms with Crippen molar-refractivity contribution in [2.75, 3.05) is 0 Å². The number of carboxylic acids is 1. The fraction of sp³-hybridized carbons (Fsp3) is 0.154. The van der Waals surface area contributed by atoms with E-state index in [1.165, 1.54) is 0 Å². The zero-order valence-corrected chi connectivity index (χ0v) is 18.1. The van der Waals surface area contributed by atoms with Crippen LogP contribution in [0.4, 0.5) is 0 Å². The molecular formula is C26H20N4O4. The van der Waals surface area contributed by atoms with Crippen molar-refractivity contribution in [1.29, 1.82) is 0 Å². The van der Waals surface area contributed by atoms with Gasteiger partial charge in [-0.05, 0) is 47.7 Å². The molecule has 0 amide bonds. The molecule has 8 heteroatoms. The quantitative estimate of drug-likeness (QED) is 0.387. The fourth-order valence-electron chi connectivity index (χ4n) is 4.47. The third-order valence-corrected chi connectivity index (χ3v) is 6.17. The lowest BCUT2D eigenvalue weighted by atomic mass is 9.97. The van der Waals surface area contributed by atoms with Crippen LogP contribution in [0.5, 0.6) is 0 Å². The van der Waals surface area contributed by atoms with Gasteiger partial charge < -0.3 is 9.67 Å². The molecule has 0 saturated heterocycles. The van der Waals surface area contributed by atoms with Crippen molar-refractivity contribution in [3.05, 3.63) is 94.2 Å². The van der Waals surface area contributed by atoms with E-state index in [1.54, 1.807) is 12.1 Å². The number of hydrogen-bond donors (Lipinski definition) is 2. The molecule has 0 atom stereocenters. The first-order chi connectivity index (χ1) is 16.6. The molecule has 5 aromatic rings. The van der Waals surface area contributed by atoms with Crippen LogP contribution in [0.15, 0.2) is 76.0 Å². The summed E-state index contributed by atoms with van der Waals surface area (Å²) in [5.74, 6) is -0.0115. The van der Waals surface area contributed by atoms with Crippen LogP contribution in [-0.4, -0.2) is 30.8 Å². The Hall–Kier alpha value is -4.46. The van der Waals surface area contributed by atoms with Crippen LogP contribution in [0.2, 0.25) is 0 Å². The van der Waals surface area contributed by atoms with E-state index in [2.05, 4.69) is 10.1 Å². The lowest BCUT2D eigenvalue weighted by Gasteiger charge is -2.13. The monoisotopic (exact) mass is 452 g/mol. The van der Waals surface area contributed by atoms with Gasteiger partial charge in [0.05, 0.1) is 16.6 Å². The zero-order chi connectivity index (χ0) is 23.2. The van der Waals surface area contributed by atoms with Crippen LogP contribution in [-0.2, 0) is 6.54 Å². The van der Waals surface area contributed by atoms with Gasteiger partial charge in [-0.15, -0.1) is 0 Å². The molecule has 0 unspecified atom stereocenters. The van der Waals surface area contributed by atoms with Gasteiger partial charge in [-0.2, -0.15) is 0 Å². The van der Waals surface area contributed by atoms with Gasteiger partial charge in [-0.25, -0.2) is 14.6 Å². The first kappa shape index (κ1) is 20.2. The van der Waals surface area contributed by atoms with Crippen molar-refractivity contribution < 1.29 is 14.4 Å². The molecule has 6 rings (SSSR count). The second-order valence-corrected chi connectivity index (χ2v) is 8.50. The van der Waals surface area contributed by atoms with Crippen molar-refractivity contribution in [1.82, 2.24) is 19.7 Å². The number of aromatic amines is 1. The average Bonchev–Trinajstić information content (AvgIpc) is 3.51. The number of nitrogens with one attached hydrogen (secondary N) is 1. The highest BCUT2D eigenvalue weighted by atomic mass is 16.5. The molecule has 3 aromatic carbocycles. The van der Waals surface area contributed by atoms with E-state index in [-0.39, 0.29) is 5.56 Å². The molecule has 2 heterocycles. The molecule has 1 fully saturated rings. The maximum atomic E-state index is 12.0. The van der Waals surface area contributed by atoms with E-state index < -0.39 is 11.7 Å². The number of aromatic carboxylic acids is 1. The van der Waals surface area contributed by atoms with Gasteiger partial charge in [-0.1, -0.05) is 53.7 Å². The van der Waals surface area contributed by atoms with Gasteiger partial charge >= 0.3 is 11.7 Å². The molecule has 1 aliphatic carbocycles. The number of benzene rings is 3. The Morgan fingerprint density at radius 2 is 1.88 bits per heavy atom. The topological polar surface area (TPSA) is 114 Å². The normalized spacial score (nSPS) is 13.4. The predicted molar refractivity (Wildman–Crippen MR) is 126 cm³/mol. The predicted octanol–water partition coefficient (Wildman–Crippen LogP) is 4.67. The zero-order valence-electron chi connectivity index (χ0n) is 18.1. The summed E-state index contributed by atoms with van der Waals surface area (Å²) < 4.78 is 6.79. The number of hydrogen-bond acceptors (Lipinski definition) is 5. The number of H-pyrrole nitrogens is 1. The van der Waals surface area contributed by atoms with Gasteiger partial charge in [0.1, 0.15) is 5.82 Å². The summed E-state index contributed by atoms with van der Waals surface area (Å²) in [6.45, 7) is 0.441. The molecule has 2 aromatic heterocycles. The van der Waals surface area contributed by atoms with Gasteiger partial charge in [0.15, 0.2) is 5.82 Å². The number of nitrogens with zero attached hydrogens (tertiary/aromatic N) is 3. The number of imidazole rings is 1. The Morgan fingerprint density at radius 1 is 1.06 bits per heavy atom. The Balaban J connectivity index is 1.51. The summed E-state index contributed by atoms with van der Waals surface area (Å²) >= 11 is 0. The first-order valence-electron chi connectivity index (χ1n) is 11.1. The van der Waals surface area contributed by atoms with E-state index in [0.717, 1.165) is 40.9 Å². The lowest BCUT2D eigenvalue weighted by Crippen LogP contribution is -2.08. The first-order valence-corrected chi connectivity index (χ1v) is 11.1. The maximum Gasteiger partial charge on any atom is 0.439 e. The van der Waals surface area contributed by atoms with Crippen molar-refractivity contribution in [2.24, 2.45) is 0 Å². The minimum absolute atomic E-state index is 0.235. The Kier molecular flexibility index (Phi) is 4.65. The third kappa shape index (κ3) is 3.49. The molecular weight excluding hydrogens is 432 g/mol. The van der Waals surface area contributed by atoms with Crippen LogP contribution in [0.1, 0.15) is 40.5 Å². The van der Waals surface area contributed by atoms with Gasteiger partial charge in [0, 0.05) is 18.0 Å². The summed E-state index contributed by atoms with van der Waals surface area (Å²) in [6.07, 6.45) is 2.09. The van der Waals surface area contributed by atoms with Gasteiger partial charge in [-0.3, -0.25) is 9.51 Å². The molecule has 168 valence electrons. The van der Waals surface area contributed by atoms with Crippen LogP contribution in [0.3, 0.4) is 0 Å². The average molecular weight is 452 g/mol. The smallest absolute Gasteiger partial charge is 0.439 e. The molecule has 34 heavy (non-hydrogen) atoms. The van der Waals surface area contributed by atoms with Crippen LogP contribution < -0.4 is 5.76 Å². The molecule has 2 N–H and O–H groups in total. The molecule has 0 radical (unpaired) electrons. The van der Waals surface area contributed by atoms with Crippen molar-refractivity contribution in [2.45, 2.75) is 25.3 Å². The molecule has 1 saturated carbocycles. The standard InChI is InChI=1S/C26H20N4O4/c31-25(32)19-7-4-8-21-22(19)30(24(27-21)17-10-11-17)14-15-9-12-18(16-5-2-1-3-6-16)20(13-15)23-28-26(33)34-29-23/h1-9,12-13,17H,10-11,14H2,(H,31,32)(H,28,29,33). The van der Waals surface area contributed by atoms with Crippen molar-refractivity contribution in [3.63, 3.8) is 0 Å². The number of aromatic nitrogens is 4. The molecule has 0 bridgehead atoms. The fourth-order valence-corrected chi connectivity index (χ4v) is 4.47. The van der Waals surface area contributed by atoms with Gasteiger partial charge in [0.2, 0.25) is 0 Å². The van der Waals surface area contributed by atoms with E-state index in [1.807, 2.05) is 59.2 Å². The molecule has 1 aliphatic rings. The Morgan fingerprint density at radius 3 is 2.59 bits per heavy atom.